The SMILES string of the molecule is c1ccc2c(c1)NC(=NC1CCCCCC1)C1(CCNCC1)N2. The van der Waals surface area contributed by atoms with Gasteiger partial charge in [0.25, 0.3) is 0 Å². The average Bonchev–Trinajstić information content (AvgIpc) is 2.85. The summed E-state index contributed by atoms with van der Waals surface area (Å²) in [6.45, 7) is 2.11. The van der Waals surface area contributed by atoms with Gasteiger partial charge in [0.15, 0.2) is 0 Å². The highest BCUT2D eigenvalue weighted by atomic mass is 15.2. The molecular formula is C19H28N4. The van der Waals surface area contributed by atoms with Crippen LogP contribution in [0.15, 0.2) is 29.3 Å². The van der Waals surface area contributed by atoms with Crippen LogP contribution in [0.25, 0.3) is 0 Å². The first-order valence-electron chi connectivity index (χ1n) is 9.29. The van der Waals surface area contributed by atoms with Crippen LogP contribution in [-0.2, 0) is 0 Å². The second-order valence-electron chi connectivity index (χ2n) is 7.25. The van der Waals surface area contributed by atoms with Gasteiger partial charge in [-0.05, 0) is 50.9 Å². The van der Waals surface area contributed by atoms with Crippen LogP contribution in [0.3, 0.4) is 0 Å². The maximum absolute atomic E-state index is 5.25. The molecule has 0 aromatic heterocycles. The van der Waals surface area contributed by atoms with E-state index >= 15 is 0 Å². The summed E-state index contributed by atoms with van der Waals surface area (Å²) in [7, 11) is 0. The molecular weight excluding hydrogens is 284 g/mol. The van der Waals surface area contributed by atoms with Gasteiger partial charge in [0.1, 0.15) is 5.84 Å². The normalized spacial score (nSPS) is 26.2. The number of para-hydroxylation sites is 2. The molecule has 1 aliphatic carbocycles. The Labute approximate surface area is 139 Å². The van der Waals surface area contributed by atoms with E-state index in [0.717, 1.165) is 25.9 Å². The molecule has 0 atom stereocenters. The van der Waals surface area contributed by atoms with Gasteiger partial charge >= 0.3 is 0 Å². The van der Waals surface area contributed by atoms with Crippen LogP contribution in [0, 0.1) is 0 Å². The monoisotopic (exact) mass is 312 g/mol. The predicted molar refractivity (Wildman–Crippen MR) is 97.4 cm³/mol. The summed E-state index contributed by atoms with van der Waals surface area (Å²) in [6, 6.07) is 9.03. The molecule has 3 N–H and O–H groups in total. The van der Waals surface area contributed by atoms with Crippen molar-refractivity contribution < 1.29 is 0 Å². The summed E-state index contributed by atoms with van der Waals surface area (Å²) in [5, 5.41) is 11.0. The lowest BCUT2D eigenvalue weighted by molar-refractivity contribution is 0.416. The van der Waals surface area contributed by atoms with Gasteiger partial charge in [-0.15, -0.1) is 0 Å². The number of fused-ring (bicyclic) bond motifs is 1. The highest BCUT2D eigenvalue weighted by molar-refractivity contribution is 6.09. The molecule has 2 heterocycles. The van der Waals surface area contributed by atoms with E-state index in [1.165, 1.54) is 55.7 Å². The number of hydrogen-bond donors (Lipinski definition) is 3. The number of rotatable bonds is 1. The number of anilines is 2. The second-order valence-corrected chi connectivity index (χ2v) is 7.25. The summed E-state index contributed by atoms with van der Waals surface area (Å²) < 4.78 is 0. The minimum absolute atomic E-state index is 0.00803. The molecule has 124 valence electrons. The third kappa shape index (κ3) is 3.09. The molecule has 2 fully saturated rings. The molecule has 1 saturated heterocycles. The third-order valence-electron chi connectivity index (χ3n) is 5.60. The summed E-state index contributed by atoms with van der Waals surface area (Å²) >= 11 is 0. The van der Waals surface area contributed by atoms with E-state index in [4.69, 9.17) is 4.99 Å². The first kappa shape index (κ1) is 15.0. The zero-order chi connectivity index (χ0) is 15.5. The van der Waals surface area contributed by atoms with Gasteiger partial charge in [-0.25, -0.2) is 0 Å². The Morgan fingerprint density at radius 2 is 1.61 bits per heavy atom. The van der Waals surface area contributed by atoms with Gasteiger partial charge in [0.05, 0.1) is 23.0 Å². The van der Waals surface area contributed by atoms with Crippen molar-refractivity contribution in [2.24, 2.45) is 4.99 Å². The smallest absolute Gasteiger partial charge is 0.127 e. The molecule has 4 nitrogen and oxygen atoms in total. The molecule has 4 rings (SSSR count). The lowest BCUT2D eigenvalue weighted by atomic mass is 9.84. The van der Waals surface area contributed by atoms with Gasteiger partial charge in [0, 0.05) is 0 Å². The summed E-state index contributed by atoms with van der Waals surface area (Å²) in [5.74, 6) is 1.18. The number of benzene rings is 1. The van der Waals surface area contributed by atoms with Crippen LogP contribution in [0.2, 0.25) is 0 Å². The molecule has 1 aromatic carbocycles. The number of nitrogens with zero attached hydrogens (tertiary/aromatic N) is 1. The van der Waals surface area contributed by atoms with Crippen LogP contribution in [-0.4, -0.2) is 30.5 Å². The standard InChI is InChI=1S/C19H28N4/c1-2-4-8-15(7-3-1)21-18-19(11-13-20-14-12-19)23-17-10-6-5-9-16(17)22-18/h5-6,9-10,15,20,23H,1-4,7-8,11-14H2,(H,21,22). The van der Waals surface area contributed by atoms with Gasteiger partial charge in [-0.1, -0.05) is 37.8 Å². The Hall–Kier alpha value is -1.55. The van der Waals surface area contributed by atoms with Crippen LogP contribution in [0.1, 0.15) is 51.4 Å². The zero-order valence-electron chi connectivity index (χ0n) is 13.9. The first-order valence-corrected chi connectivity index (χ1v) is 9.29. The number of nitrogens with one attached hydrogen (secondary N) is 3. The fourth-order valence-electron chi connectivity index (χ4n) is 4.21. The maximum atomic E-state index is 5.25. The fraction of sp³-hybridized carbons (Fsp3) is 0.632. The van der Waals surface area contributed by atoms with Gasteiger partial charge in [-0.3, -0.25) is 4.99 Å². The second kappa shape index (κ2) is 6.52. The Morgan fingerprint density at radius 1 is 0.913 bits per heavy atom. The van der Waals surface area contributed by atoms with E-state index in [9.17, 15) is 0 Å². The molecule has 4 heteroatoms. The van der Waals surface area contributed by atoms with Gasteiger partial charge < -0.3 is 16.0 Å². The van der Waals surface area contributed by atoms with Crippen molar-refractivity contribution in [3.63, 3.8) is 0 Å². The molecule has 1 spiro atoms. The summed E-state index contributed by atoms with van der Waals surface area (Å²) in [6.07, 6.45) is 10.1. The fourth-order valence-corrected chi connectivity index (χ4v) is 4.21. The predicted octanol–water partition coefficient (Wildman–Crippen LogP) is 3.77. The number of hydrogen-bond acceptors (Lipinski definition) is 3. The van der Waals surface area contributed by atoms with E-state index in [1.807, 2.05) is 0 Å². The van der Waals surface area contributed by atoms with Crippen LogP contribution >= 0.6 is 0 Å². The largest absolute Gasteiger partial charge is 0.371 e. The molecule has 0 bridgehead atoms. The van der Waals surface area contributed by atoms with Crippen molar-refractivity contribution in [1.82, 2.24) is 5.32 Å². The Kier molecular flexibility index (Phi) is 4.25. The topological polar surface area (TPSA) is 48.5 Å². The van der Waals surface area contributed by atoms with Crippen LogP contribution < -0.4 is 16.0 Å². The summed E-state index contributed by atoms with van der Waals surface area (Å²) in [4.78, 5) is 5.25. The average molecular weight is 312 g/mol. The molecule has 2 aliphatic heterocycles. The van der Waals surface area contributed by atoms with Crippen molar-refractivity contribution in [3.05, 3.63) is 24.3 Å². The van der Waals surface area contributed by atoms with Crippen molar-refractivity contribution in [2.75, 3.05) is 23.7 Å². The first-order chi connectivity index (χ1) is 11.4. The van der Waals surface area contributed by atoms with E-state index in [0.29, 0.717) is 6.04 Å². The van der Waals surface area contributed by atoms with E-state index in [1.54, 1.807) is 0 Å². The van der Waals surface area contributed by atoms with Gasteiger partial charge in [-0.2, -0.15) is 0 Å². The molecule has 1 aromatic rings. The van der Waals surface area contributed by atoms with E-state index in [2.05, 4.69) is 40.2 Å². The number of piperidine rings is 1. The maximum Gasteiger partial charge on any atom is 0.127 e. The third-order valence-corrected chi connectivity index (χ3v) is 5.60. The molecule has 0 radical (unpaired) electrons. The zero-order valence-corrected chi connectivity index (χ0v) is 13.9. The van der Waals surface area contributed by atoms with Crippen LogP contribution in [0.5, 0.6) is 0 Å². The molecule has 0 unspecified atom stereocenters. The lowest BCUT2D eigenvalue weighted by Gasteiger charge is -2.44. The van der Waals surface area contributed by atoms with Crippen molar-refractivity contribution in [2.45, 2.75) is 62.9 Å². The molecule has 1 saturated carbocycles. The number of amidine groups is 1. The highest BCUT2D eigenvalue weighted by Crippen LogP contribution is 2.36. The quantitative estimate of drug-likeness (QED) is 0.692. The van der Waals surface area contributed by atoms with Crippen molar-refractivity contribution in [3.8, 4) is 0 Å². The molecule has 3 aliphatic rings. The Bertz CT molecular complexity index is 566. The van der Waals surface area contributed by atoms with Crippen molar-refractivity contribution in [1.29, 1.82) is 0 Å². The van der Waals surface area contributed by atoms with Gasteiger partial charge in [0.2, 0.25) is 0 Å². The minimum Gasteiger partial charge on any atom is -0.371 e. The van der Waals surface area contributed by atoms with Crippen LogP contribution in [0.4, 0.5) is 11.4 Å². The lowest BCUT2D eigenvalue weighted by Crippen LogP contribution is -2.58. The van der Waals surface area contributed by atoms with Crippen molar-refractivity contribution >= 4 is 17.2 Å². The van der Waals surface area contributed by atoms with E-state index < -0.39 is 0 Å². The molecule has 0 amide bonds. The Balaban J connectivity index is 1.66. The minimum atomic E-state index is -0.00803. The summed E-state index contributed by atoms with van der Waals surface area (Å²) in [5.41, 5.74) is 2.38. The highest BCUT2D eigenvalue weighted by Gasteiger charge is 2.41. The Morgan fingerprint density at radius 3 is 2.35 bits per heavy atom. The van der Waals surface area contributed by atoms with E-state index in [-0.39, 0.29) is 5.54 Å². The number of aliphatic imine (C=N–C) groups is 1. The molecule has 23 heavy (non-hydrogen) atoms.